The highest BCUT2D eigenvalue weighted by molar-refractivity contribution is 6.02. The quantitative estimate of drug-likeness (QED) is 0.625. The predicted molar refractivity (Wildman–Crippen MR) is 102 cm³/mol. The van der Waals surface area contributed by atoms with Crippen LogP contribution >= 0.6 is 0 Å². The Kier molecular flexibility index (Phi) is 5.96. The van der Waals surface area contributed by atoms with Crippen LogP contribution in [0.15, 0.2) is 65.3 Å². The molecule has 0 saturated heterocycles. The third-order valence-electron chi connectivity index (χ3n) is 3.97. The highest BCUT2D eigenvalue weighted by Gasteiger charge is 2.12. The molecule has 0 fully saturated rings. The molecular formula is C21H19NO6. The third kappa shape index (κ3) is 4.50. The fourth-order valence-corrected chi connectivity index (χ4v) is 2.51. The minimum atomic E-state index is -0.492. The van der Waals surface area contributed by atoms with E-state index in [1.54, 1.807) is 68.8 Å². The van der Waals surface area contributed by atoms with Crippen LogP contribution in [0.25, 0.3) is 0 Å². The summed E-state index contributed by atoms with van der Waals surface area (Å²) in [6, 6.07) is 14.8. The molecule has 0 spiro atoms. The Labute approximate surface area is 161 Å². The molecule has 28 heavy (non-hydrogen) atoms. The fourth-order valence-electron chi connectivity index (χ4n) is 2.51. The maximum atomic E-state index is 12.3. The maximum absolute atomic E-state index is 12.3. The lowest BCUT2D eigenvalue weighted by Gasteiger charge is -2.11. The van der Waals surface area contributed by atoms with Crippen LogP contribution in [0.5, 0.6) is 11.5 Å². The van der Waals surface area contributed by atoms with Gasteiger partial charge in [-0.05, 0) is 54.6 Å². The van der Waals surface area contributed by atoms with Crippen molar-refractivity contribution in [1.29, 1.82) is 0 Å². The van der Waals surface area contributed by atoms with E-state index in [4.69, 9.17) is 18.6 Å². The van der Waals surface area contributed by atoms with Crippen molar-refractivity contribution >= 4 is 17.6 Å². The van der Waals surface area contributed by atoms with E-state index < -0.39 is 5.97 Å². The van der Waals surface area contributed by atoms with Crippen LogP contribution in [0, 0.1) is 0 Å². The van der Waals surface area contributed by atoms with Crippen LogP contribution in [0.4, 0.5) is 5.69 Å². The molecule has 1 N–H and O–H groups in total. The number of ether oxygens (including phenoxy) is 3. The van der Waals surface area contributed by atoms with E-state index in [-0.39, 0.29) is 18.3 Å². The number of anilines is 1. The summed E-state index contributed by atoms with van der Waals surface area (Å²) in [5.41, 5.74) is 1.59. The normalized spacial score (nSPS) is 10.2. The summed E-state index contributed by atoms with van der Waals surface area (Å²) in [6.07, 6.45) is 1.42. The Morgan fingerprint density at radius 2 is 1.79 bits per heavy atom. The van der Waals surface area contributed by atoms with Crippen molar-refractivity contribution < 1.29 is 28.2 Å². The average Bonchev–Trinajstić information content (AvgIpc) is 3.27. The molecule has 0 aliphatic heterocycles. The Balaban J connectivity index is 1.61. The van der Waals surface area contributed by atoms with E-state index in [9.17, 15) is 9.59 Å². The second-order valence-electron chi connectivity index (χ2n) is 5.76. The monoisotopic (exact) mass is 381 g/mol. The summed E-state index contributed by atoms with van der Waals surface area (Å²) in [4.78, 5) is 24.2. The molecule has 7 nitrogen and oxygen atoms in total. The van der Waals surface area contributed by atoms with Gasteiger partial charge in [-0.2, -0.15) is 0 Å². The van der Waals surface area contributed by atoms with Crippen LogP contribution in [0.2, 0.25) is 0 Å². The zero-order chi connectivity index (χ0) is 19.9. The minimum Gasteiger partial charge on any atom is -0.497 e. The fraction of sp³-hybridized carbons (Fsp3) is 0.143. The van der Waals surface area contributed by atoms with Gasteiger partial charge in [-0.15, -0.1) is 0 Å². The number of hydrogen-bond acceptors (Lipinski definition) is 6. The van der Waals surface area contributed by atoms with Crippen molar-refractivity contribution in [2.45, 2.75) is 6.61 Å². The van der Waals surface area contributed by atoms with Gasteiger partial charge in [0.05, 0.1) is 26.0 Å². The van der Waals surface area contributed by atoms with Crippen molar-refractivity contribution in [1.82, 2.24) is 0 Å². The summed E-state index contributed by atoms with van der Waals surface area (Å²) >= 11 is 0. The molecule has 0 unspecified atom stereocenters. The van der Waals surface area contributed by atoms with Crippen molar-refractivity contribution in [2.24, 2.45) is 0 Å². The number of furan rings is 1. The molecule has 0 radical (unpaired) electrons. The van der Waals surface area contributed by atoms with Crippen molar-refractivity contribution in [3.05, 3.63) is 77.7 Å². The highest BCUT2D eigenvalue weighted by atomic mass is 16.5. The standard InChI is InChI=1S/C21H19NO6/c1-25-17-9-10-18(26-2)15(12-17)13-28-21(24)14-5-7-16(8-6-14)22-20(23)19-4-3-11-27-19/h3-12H,13H2,1-2H3,(H,22,23). The Morgan fingerprint density at radius 3 is 2.43 bits per heavy atom. The molecule has 0 bridgehead atoms. The molecule has 0 saturated carbocycles. The first-order valence-corrected chi connectivity index (χ1v) is 8.43. The maximum Gasteiger partial charge on any atom is 0.338 e. The highest BCUT2D eigenvalue weighted by Crippen LogP contribution is 2.25. The van der Waals surface area contributed by atoms with Crippen molar-refractivity contribution in [2.75, 3.05) is 19.5 Å². The minimum absolute atomic E-state index is 0.0379. The number of esters is 1. The van der Waals surface area contributed by atoms with E-state index >= 15 is 0 Å². The van der Waals surface area contributed by atoms with Gasteiger partial charge in [0.2, 0.25) is 0 Å². The smallest absolute Gasteiger partial charge is 0.338 e. The van der Waals surface area contributed by atoms with Gasteiger partial charge in [-0.3, -0.25) is 4.79 Å². The Bertz CT molecular complexity index is 948. The average molecular weight is 381 g/mol. The van der Waals surface area contributed by atoms with Crippen molar-refractivity contribution in [3.63, 3.8) is 0 Å². The van der Waals surface area contributed by atoms with Gasteiger partial charge in [-0.25, -0.2) is 4.79 Å². The lowest BCUT2D eigenvalue weighted by molar-refractivity contribution is 0.0470. The Hall–Kier alpha value is -3.74. The van der Waals surface area contributed by atoms with E-state index in [0.717, 1.165) is 0 Å². The molecule has 0 atom stereocenters. The number of nitrogens with one attached hydrogen (secondary N) is 1. The first-order valence-electron chi connectivity index (χ1n) is 8.43. The SMILES string of the molecule is COc1ccc(OC)c(COC(=O)c2ccc(NC(=O)c3ccco3)cc2)c1. The molecule has 3 aromatic rings. The van der Waals surface area contributed by atoms with Crippen LogP contribution in [-0.2, 0) is 11.3 Å². The molecular weight excluding hydrogens is 362 g/mol. The first kappa shape index (κ1) is 19.0. The van der Waals surface area contributed by atoms with Gasteiger partial charge >= 0.3 is 5.97 Å². The van der Waals surface area contributed by atoms with Gasteiger partial charge in [-0.1, -0.05) is 0 Å². The van der Waals surface area contributed by atoms with Crippen molar-refractivity contribution in [3.8, 4) is 11.5 Å². The molecule has 3 rings (SSSR count). The second kappa shape index (κ2) is 8.77. The topological polar surface area (TPSA) is 87.0 Å². The summed E-state index contributed by atoms with van der Waals surface area (Å²) in [7, 11) is 3.10. The van der Waals surface area contributed by atoms with E-state index in [1.807, 2.05) is 0 Å². The molecule has 1 amide bonds. The van der Waals surface area contributed by atoms with Gasteiger partial charge in [0.1, 0.15) is 18.1 Å². The summed E-state index contributed by atoms with van der Waals surface area (Å²) in [5, 5.41) is 2.68. The molecule has 7 heteroatoms. The van der Waals surface area contributed by atoms with Gasteiger partial charge in [0, 0.05) is 11.3 Å². The lowest BCUT2D eigenvalue weighted by atomic mass is 10.2. The van der Waals surface area contributed by atoms with Crippen LogP contribution < -0.4 is 14.8 Å². The van der Waals surface area contributed by atoms with Crippen LogP contribution in [-0.4, -0.2) is 26.1 Å². The van der Waals surface area contributed by atoms with Gasteiger partial charge < -0.3 is 23.9 Å². The number of hydrogen-bond donors (Lipinski definition) is 1. The number of carbonyl (C=O) groups excluding carboxylic acids is 2. The Morgan fingerprint density at radius 1 is 1.00 bits per heavy atom. The van der Waals surface area contributed by atoms with E-state index in [2.05, 4.69) is 5.32 Å². The zero-order valence-electron chi connectivity index (χ0n) is 15.4. The summed E-state index contributed by atoms with van der Waals surface area (Å²) < 4.78 is 20.8. The predicted octanol–water partition coefficient (Wildman–Crippen LogP) is 3.91. The summed E-state index contributed by atoms with van der Waals surface area (Å²) in [6.45, 7) is 0.0379. The third-order valence-corrected chi connectivity index (χ3v) is 3.97. The molecule has 2 aromatic carbocycles. The summed E-state index contributed by atoms with van der Waals surface area (Å²) in [5.74, 6) is 0.586. The van der Waals surface area contributed by atoms with Crippen LogP contribution in [0.3, 0.4) is 0 Å². The first-order chi connectivity index (χ1) is 13.6. The number of methoxy groups -OCH3 is 2. The van der Waals surface area contributed by atoms with Gasteiger partial charge in [0.15, 0.2) is 5.76 Å². The van der Waals surface area contributed by atoms with E-state index in [0.29, 0.717) is 28.3 Å². The largest absolute Gasteiger partial charge is 0.497 e. The molecule has 144 valence electrons. The zero-order valence-corrected chi connectivity index (χ0v) is 15.4. The van der Waals surface area contributed by atoms with Crippen LogP contribution in [0.1, 0.15) is 26.5 Å². The van der Waals surface area contributed by atoms with Gasteiger partial charge in [0.25, 0.3) is 5.91 Å². The number of carbonyl (C=O) groups is 2. The lowest BCUT2D eigenvalue weighted by Crippen LogP contribution is -2.11. The molecule has 0 aliphatic rings. The molecule has 1 aromatic heterocycles. The second-order valence-corrected chi connectivity index (χ2v) is 5.76. The van der Waals surface area contributed by atoms with E-state index in [1.165, 1.54) is 6.26 Å². The number of amides is 1. The number of benzene rings is 2. The molecule has 1 heterocycles. The number of rotatable bonds is 7. The molecule has 0 aliphatic carbocycles.